The van der Waals surface area contributed by atoms with E-state index in [9.17, 15) is 4.79 Å². The van der Waals surface area contributed by atoms with Crippen molar-refractivity contribution in [3.05, 3.63) is 34.8 Å². The van der Waals surface area contributed by atoms with E-state index >= 15 is 0 Å². The van der Waals surface area contributed by atoms with E-state index in [0.29, 0.717) is 13.1 Å². The van der Waals surface area contributed by atoms with Crippen molar-refractivity contribution in [3.8, 4) is 0 Å². The smallest absolute Gasteiger partial charge is 0.254 e. The summed E-state index contributed by atoms with van der Waals surface area (Å²) in [5, 5.41) is 3.85. The molecule has 0 atom stereocenters. The Morgan fingerprint density at radius 1 is 1.00 bits per heavy atom. The van der Waals surface area contributed by atoms with Crippen molar-refractivity contribution < 1.29 is 9.53 Å². The summed E-state index contributed by atoms with van der Waals surface area (Å²) in [6.45, 7) is 6.20. The lowest BCUT2D eigenvalue weighted by Gasteiger charge is -2.35. The van der Waals surface area contributed by atoms with Crippen LogP contribution in [0.15, 0.2) is 29.2 Å². The molecule has 0 radical (unpaired) electrons. The van der Waals surface area contributed by atoms with Crippen molar-refractivity contribution >= 4 is 28.9 Å². The molecule has 132 valence electrons. The van der Waals surface area contributed by atoms with Crippen LogP contribution in [0.3, 0.4) is 0 Å². The maximum atomic E-state index is 12.4. The molecule has 4 heterocycles. The van der Waals surface area contributed by atoms with Gasteiger partial charge in [0.2, 0.25) is 0 Å². The standard InChI is InChI=1S/C17H21N5O2S/c23-17(14-1-10-25-12-14)22-4-2-20(3-5-22)15-11-16(19-13-18-15)21-6-8-24-9-7-21/h1,10-13H,2-9H2. The summed E-state index contributed by atoms with van der Waals surface area (Å²) < 4.78 is 5.40. The molecule has 0 spiro atoms. The zero-order valence-corrected chi connectivity index (χ0v) is 14.8. The Morgan fingerprint density at radius 3 is 2.32 bits per heavy atom. The molecule has 0 N–H and O–H groups in total. The van der Waals surface area contributed by atoms with Crippen molar-refractivity contribution in [2.45, 2.75) is 0 Å². The number of carbonyl (C=O) groups excluding carboxylic acids is 1. The van der Waals surface area contributed by atoms with Crippen LogP contribution in [0.1, 0.15) is 10.4 Å². The van der Waals surface area contributed by atoms with Gasteiger partial charge in [0.15, 0.2) is 0 Å². The molecule has 2 aliphatic heterocycles. The largest absolute Gasteiger partial charge is 0.378 e. The Morgan fingerprint density at radius 2 is 1.68 bits per heavy atom. The highest BCUT2D eigenvalue weighted by Gasteiger charge is 2.23. The number of anilines is 2. The molecule has 0 aromatic carbocycles. The van der Waals surface area contributed by atoms with Gasteiger partial charge >= 0.3 is 0 Å². The monoisotopic (exact) mass is 359 g/mol. The number of ether oxygens (including phenoxy) is 1. The third-order valence-corrected chi connectivity index (χ3v) is 5.32. The molecule has 4 rings (SSSR count). The first-order chi connectivity index (χ1) is 12.3. The number of carbonyl (C=O) groups is 1. The minimum atomic E-state index is 0.123. The van der Waals surface area contributed by atoms with Crippen LogP contribution < -0.4 is 9.80 Å². The van der Waals surface area contributed by atoms with Crippen LogP contribution in [-0.4, -0.2) is 73.3 Å². The Bertz CT molecular complexity index is 710. The van der Waals surface area contributed by atoms with Crippen LogP contribution >= 0.6 is 11.3 Å². The highest BCUT2D eigenvalue weighted by atomic mass is 32.1. The lowest BCUT2D eigenvalue weighted by Crippen LogP contribution is -2.49. The number of hydrogen-bond donors (Lipinski definition) is 0. The third kappa shape index (κ3) is 3.59. The first kappa shape index (κ1) is 16.3. The summed E-state index contributed by atoms with van der Waals surface area (Å²) in [6.07, 6.45) is 1.63. The fraction of sp³-hybridized carbons (Fsp3) is 0.471. The molecule has 2 aromatic rings. The van der Waals surface area contributed by atoms with Crippen LogP contribution in [0.5, 0.6) is 0 Å². The highest BCUT2D eigenvalue weighted by Crippen LogP contribution is 2.20. The normalized spacial score (nSPS) is 18.5. The van der Waals surface area contributed by atoms with Crippen molar-refractivity contribution in [1.82, 2.24) is 14.9 Å². The molecule has 8 heteroatoms. The second kappa shape index (κ2) is 7.37. The van der Waals surface area contributed by atoms with E-state index in [4.69, 9.17) is 4.74 Å². The summed E-state index contributed by atoms with van der Waals surface area (Å²) in [5.74, 6) is 2.00. The van der Waals surface area contributed by atoms with Gasteiger partial charge in [0.25, 0.3) is 5.91 Å². The van der Waals surface area contributed by atoms with Gasteiger partial charge in [-0.25, -0.2) is 9.97 Å². The molecular weight excluding hydrogens is 338 g/mol. The summed E-state index contributed by atoms with van der Waals surface area (Å²) >= 11 is 1.56. The van der Waals surface area contributed by atoms with E-state index < -0.39 is 0 Å². The van der Waals surface area contributed by atoms with Gasteiger partial charge in [-0.2, -0.15) is 11.3 Å². The predicted octanol–water partition coefficient (Wildman–Crippen LogP) is 1.34. The minimum Gasteiger partial charge on any atom is -0.378 e. The lowest BCUT2D eigenvalue weighted by molar-refractivity contribution is 0.0747. The molecule has 0 unspecified atom stereocenters. The third-order valence-electron chi connectivity index (χ3n) is 4.63. The molecule has 25 heavy (non-hydrogen) atoms. The SMILES string of the molecule is O=C(c1ccsc1)N1CCN(c2cc(N3CCOCC3)ncn2)CC1. The van der Waals surface area contributed by atoms with E-state index in [1.54, 1.807) is 17.7 Å². The summed E-state index contributed by atoms with van der Waals surface area (Å²) in [5.41, 5.74) is 0.787. The lowest BCUT2D eigenvalue weighted by atomic mass is 10.2. The molecule has 2 aromatic heterocycles. The quantitative estimate of drug-likeness (QED) is 0.824. The number of hydrogen-bond acceptors (Lipinski definition) is 7. The maximum Gasteiger partial charge on any atom is 0.254 e. The first-order valence-electron chi connectivity index (χ1n) is 8.52. The molecule has 1 amide bonds. The van der Waals surface area contributed by atoms with E-state index in [1.807, 2.05) is 27.8 Å². The average Bonchev–Trinajstić information content (AvgIpc) is 3.23. The Hall–Kier alpha value is -2.19. The van der Waals surface area contributed by atoms with Gasteiger partial charge in [0.05, 0.1) is 18.8 Å². The summed E-state index contributed by atoms with van der Waals surface area (Å²) in [6, 6.07) is 3.93. The molecule has 2 aliphatic rings. The van der Waals surface area contributed by atoms with E-state index in [0.717, 1.165) is 56.6 Å². The second-order valence-electron chi connectivity index (χ2n) is 6.13. The Balaban J connectivity index is 1.40. The number of morpholine rings is 1. The Kier molecular flexibility index (Phi) is 4.80. The molecule has 0 aliphatic carbocycles. The van der Waals surface area contributed by atoms with Crippen molar-refractivity contribution in [2.75, 3.05) is 62.3 Å². The average molecular weight is 359 g/mol. The molecule has 0 saturated carbocycles. The van der Waals surface area contributed by atoms with Gasteiger partial charge in [-0.3, -0.25) is 4.79 Å². The fourth-order valence-electron chi connectivity index (χ4n) is 3.18. The number of aromatic nitrogens is 2. The number of piperazine rings is 1. The Labute approximate surface area is 150 Å². The topological polar surface area (TPSA) is 61.8 Å². The maximum absolute atomic E-state index is 12.4. The molecule has 0 bridgehead atoms. The first-order valence-corrected chi connectivity index (χ1v) is 9.47. The van der Waals surface area contributed by atoms with Crippen LogP contribution in [0.25, 0.3) is 0 Å². The number of rotatable bonds is 3. The van der Waals surface area contributed by atoms with Gasteiger partial charge in [-0.05, 0) is 11.4 Å². The molecule has 2 fully saturated rings. The van der Waals surface area contributed by atoms with Crippen molar-refractivity contribution in [1.29, 1.82) is 0 Å². The number of thiophene rings is 1. The molecule has 2 saturated heterocycles. The fourth-order valence-corrected chi connectivity index (χ4v) is 3.81. The van der Waals surface area contributed by atoms with E-state index in [1.165, 1.54) is 0 Å². The van der Waals surface area contributed by atoms with Gasteiger partial charge in [0, 0.05) is 50.7 Å². The van der Waals surface area contributed by atoms with Gasteiger partial charge in [-0.15, -0.1) is 0 Å². The van der Waals surface area contributed by atoms with E-state index in [2.05, 4.69) is 19.8 Å². The summed E-state index contributed by atoms with van der Waals surface area (Å²) in [7, 11) is 0. The van der Waals surface area contributed by atoms with Gasteiger partial charge in [-0.1, -0.05) is 0 Å². The highest BCUT2D eigenvalue weighted by molar-refractivity contribution is 7.08. The molecule has 7 nitrogen and oxygen atoms in total. The summed E-state index contributed by atoms with van der Waals surface area (Å²) in [4.78, 5) is 27.6. The predicted molar refractivity (Wildman–Crippen MR) is 97.5 cm³/mol. The number of nitrogens with zero attached hydrogens (tertiary/aromatic N) is 5. The van der Waals surface area contributed by atoms with Crippen molar-refractivity contribution in [3.63, 3.8) is 0 Å². The van der Waals surface area contributed by atoms with E-state index in [-0.39, 0.29) is 5.91 Å². The van der Waals surface area contributed by atoms with Gasteiger partial charge < -0.3 is 19.4 Å². The zero-order valence-electron chi connectivity index (χ0n) is 14.0. The van der Waals surface area contributed by atoms with Crippen LogP contribution in [0.4, 0.5) is 11.6 Å². The second-order valence-corrected chi connectivity index (χ2v) is 6.91. The zero-order chi connectivity index (χ0) is 17.1. The molecular formula is C17H21N5O2S. The number of amides is 1. The van der Waals surface area contributed by atoms with Crippen LogP contribution in [0, 0.1) is 0 Å². The minimum absolute atomic E-state index is 0.123. The van der Waals surface area contributed by atoms with Crippen LogP contribution in [0.2, 0.25) is 0 Å². The van der Waals surface area contributed by atoms with Crippen molar-refractivity contribution in [2.24, 2.45) is 0 Å². The van der Waals surface area contributed by atoms with Crippen LogP contribution in [-0.2, 0) is 4.74 Å². The van der Waals surface area contributed by atoms with Gasteiger partial charge in [0.1, 0.15) is 18.0 Å².